The van der Waals surface area contributed by atoms with Gasteiger partial charge in [0.2, 0.25) is 5.91 Å². The van der Waals surface area contributed by atoms with Crippen LogP contribution in [0.2, 0.25) is 0 Å². The van der Waals surface area contributed by atoms with Crippen LogP contribution in [0, 0.1) is 19.8 Å². The molecule has 5 heteroatoms. The molecule has 2 aromatic carbocycles. The molecule has 0 aromatic heterocycles. The summed E-state index contributed by atoms with van der Waals surface area (Å²) >= 11 is 0. The van der Waals surface area contributed by atoms with Gasteiger partial charge >= 0.3 is 0 Å². The highest BCUT2D eigenvalue weighted by Crippen LogP contribution is 2.25. The number of nitrogens with zero attached hydrogens (tertiary/aromatic N) is 2. The normalized spacial score (nSPS) is 21.5. The van der Waals surface area contributed by atoms with Crippen molar-refractivity contribution >= 4 is 11.6 Å². The number of rotatable bonds is 6. The number of ether oxygens (including phenoxy) is 1. The highest BCUT2D eigenvalue weighted by Gasteiger charge is 2.32. The average molecular weight is 437 g/mol. The minimum atomic E-state index is 0.188. The van der Waals surface area contributed by atoms with E-state index in [0.29, 0.717) is 12.5 Å². The van der Waals surface area contributed by atoms with Crippen LogP contribution in [0.3, 0.4) is 0 Å². The van der Waals surface area contributed by atoms with Gasteiger partial charge in [0.05, 0.1) is 19.7 Å². The number of hydrogen-bond acceptors (Lipinski definition) is 3. The number of nitrogens with one attached hydrogen (secondary N) is 1. The lowest BCUT2D eigenvalue weighted by molar-refractivity contribution is -0.919. The summed E-state index contributed by atoms with van der Waals surface area (Å²) in [4.78, 5) is 19.3. The number of para-hydroxylation sites is 1. The fraction of sp³-hybridized carbons (Fsp3) is 0.519. The zero-order valence-corrected chi connectivity index (χ0v) is 19.9. The standard InChI is InChI=1S/C27H37N3O2/c1-4-32-26-11-6-5-9-24(26)20-28-14-12-23(13-15-28)27(31)30-18-16-29(17-19-30)25-10-7-8-21(2)22(25)3/h5-11,23H,4,12-20H2,1-3H3/p+1. The number of piperazine rings is 1. The molecule has 0 radical (unpaired) electrons. The van der Waals surface area contributed by atoms with Crippen LogP contribution < -0.4 is 14.5 Å². The van der Waals surface area contributed by atoms with Crippen molar-refractivity contribution in [1.29, 1.82) is 0 Å². The van der Waals surface area contributed by atoms with Crippen molar-refractivity contribution in [3.63, 3.8) is 0 Å². The highest BCUT2D eigenvalue weighted by atomic mass is 16.5. The predicted octanol–water partition coefficient (Wildman–Crippen LogP) is 2.85. The third kappa shape index (κ3) is 5.09. The molecular formula is C27H38N3O2+. The second kappa shape index (κ2) is 10.4. The fourth-order valence-electron chi connectivity index (χ4n) is 5.17. The molecule has 0 unspecified atom stereocenters. The minimum absolute atomic E-state index is 0.188. The Morgan fingerprint density at radius 1 is 1.00 bits per heavy atom. The largest absolute Gasteiger partial charge is 0.493 e. The molecule has 5 nitrogen and oxygen atoms in total. The van der Waals surface area contributed by atoms with Crippen LogP contribution in [0.15, 0.2) is 42.5 Å². The third-order valence-corrected chi connectivity index (χ3v) is 7.26. The topological polar surface area (TPSA) is 37.2 Å². The summed E-state index contributed by atoms with van der Waals surface area (Å²) in [7, 11) is 0. The molecule has 0 saturated carbocycles. The lowest BCUT2D eigenvalue weighted by Crippen LogP contribution is -3.11. The van der Waals surface area contributed by atoms with Gasteiger partial charge in [0.15, 0.2) is 0 Å². The summed E-state index contributed by atoms with van der Waals surface area (Å²) in [5, 5.41) is 0. The number of likely N-dealkylation sites (tertiary alicyclic amines) is 1. The lowest BCUT2D eigenvalue weighted by atomic mass is 9.94. The molecule has 2 heterocycles. The first kappa shape index (κ1) is 22.7. The van der Waals surface area contributed by atoms with Crippen molar-refractivity contribution in [3.05, 3.63) is 59.2 Å². The zero-order valence-electron chi connectivity index (χ0n) is 19.9. The number of amides is 1. The van der Waals surface area contributed by atoms with Crippen LogP contribution in [0.1, 0.15) is 36.5 Å². The number of carbonyl (C=O) groups excluding carboxylic acids is 1. The molecule has 2 aliphatic rings. The molecule has 2 saturated heterocycles. The second-order valence-corrected chi connectivity index (χ2v) is 9.27. The van der Waals surface area contributed by atoms with Gasteiger partial charge in [0, 0.05) is 56.2 Å². The molecular weight excluding hydrogens is 398 g/mol. The quantitative estimate of drug-likeness (QED) is 0.757. The molecule has 0 aliphatic carbocycles. The summed E-state index contributed by atoms with van der Waals surface area (Å²) < 4.78 is 5.79. The molecule has 2 fully saturated rings. The Balaban J connectivity index is 1.27. The average Bonchev–Trinajstić information content (AvgIpc) is 2.82. The maximum atomic E-state index is 13.2. The number of carbonyl (C=O) groups is 1. The van der Waals surface area contributed by atoms with Gasteiger partial charge in [-0.1, -0.05) is 24.3 Å². The van der Waals surface area contributed by atoms with Crippen LogP contribution in [-0.2, 0) is 11.3 Å². The van der Waals surface area contributed by atoms with Crippen molar-refractivity contribution in [2.24, 2.45) is 5.92 Å². The summed E-state index contributed by atoms with van der Waals surface area (Å²) in [6.07, 6.45) is 1.98. The van der Waals surface area contributed by atoms with Gasteiger partial charge in [-0.25, -0.2) is 0 Å². The Kier molecular flexibility index (Phi) is 7.36. The van der Waals surface area contributed by atoms with Gasteiger partial charge in [0.25, 0.3) is 0 Å². The molecule has 32 heavy (non-hydrogen) atoms. The zero-order chi connectivity index (χ0) is 22.5. The number of piperidine rings is 1. The molecule has 0 atom stereocenters. The van der Waals surface area contributed by atoms with Gasteiger partial charge in [-0.3, -0.25) is 4.79 Å². The van der Waals surface area contributed by atoms with E-state index in [1.54, 1.807) is 4.90 Å². The molecule has 0 spiro atoms. The first-order chi connectivity index (χ1) is 15.6. The van der Waals surface area contributed by atoms with Crippen molar-refractivity contribution in [2.75, 3.05) is 50.8 Å². The van der Waals surface area contributed by atoms with Crippen LogP contribution >= 0.6 is 0 Å². The molecule has 172 valence electrons. The van der Waals surface area contributed by atoms with E-state index in [4.69, 9.17) is 4.74 Å². The molecule has 1 amide bonds. The van der Waals surface area contributed by atoms with E-state index in [2.05, 4.69) is 60.0 Å². The second-order valence-electron chi connectivity index (χ2n) is 9.27. The Morgan fingerprint density at radius 2 is 1.72 bits per heavy atom. The van der Waals surface area contributed by atoms with E-state index in [9.17, 15) is 4.79 Å². The van der Waals surface area contributed by atoms with Gasteiger partial charge in [0.1, 0.15) is 12.3 Å². The Bertz CT molecular complexity index is 913. The summed E-state index contributed by atoms with van der Waals surface area (Å²) in [5.41, 5.74) is 5.28. The van der Waals surface area contributed by atoms with Crippen molar-refractivity contribution < 1.29 is 14.4 Å². The minimum Gasteiger partial charge on any atom is -0.493 e. The smallest absolute Gasteiger partial charge is 0.226 e. The number of anilines is 1. The van der Waals surface area contributed by atoms with E-state index in [-0.39, 0.29) is 5.92 Å². The van der Waals surface area contributed by atoms with Crippen LogP contribution in [0.25, 0.3) is 0 Å². The third-order valence-electron chi connectivity index (χ3n) is 7.26. The maximum Gasteiger partial charge on any atom is 0.226 e. The van der Waals surface area contributed by atoms with E-state index < -0.39 is 0 Å². The first-order valence-electron chi connectivity index (χ1n) is 12.2. The van der Waals surface area contributed by atoms with Crippen molar-refractivity contribution in [2.45, 2.75) is 40.2 Å². The Labute approximate surface area is 193 Å². The molecule has 4 rings (SSSR count). The first-order valence-corrected chi connectivity index (χ1v) is 12.2. The highest BCUT2D eigenvalue weighted by molar-refractivity contribution is 5.79. The Hall–Kier alpha value is -2.53. The van der Waals surface area contributed by atoms with E-state index in [0.717, 1.165) is 64.4 Å². The van der Waals surface area contributed by atoms with E-state index >= 15 is 0 Å². The number of hydrogen-bond donors (Lipinski definition) is 1. The Morgan fingerprint density at radius 3 is 2.44 bits per heavy atom. The lowest BCUT2D eigenvalue weighted by Gasteiger charge is -2.39. The monoisotopic (exact) mass is 436 g/mol. The summed E-state index contributed by atoms with van der Waals surface area (Å²) in [5.74, 6) is 1.56. The fourth-order valence-corrected chi connectivity index (χ4v) is 5.17. The van der Waals surface area contributed by atoms with E-state index in [1.807, 2.05) is 13.0 Å². The predicted molar refractivity (Wildman–Crippen MR) is 129 cm³/mol. The van der Waals surface area contributed by atoms with Crippen molar-refractivity contribution in [3.8, 4) is 5.75 Å². The van der Waals surface area contributed by atoms with Gasteiger partial charge in [-0.2, -0.15) is 0 Å². The molecule has 0 bridgehead atoms. The maximum absolute atomic E-state index is 13.2. The van der Waals surface area contributed by atoms with Gasteiger partial charge in [-0.15, -0.1) is 0 Å². The SMILES string of the molecule is CCOc1ccccc1C[NH+]1CCC(C(=O)N2CCN(c3cccc(C)c3C)CC2)CC1. The number of benzene rings is 2. The summed E-state index contributed by atoms with van der Waals surface area (Å²) in [6, 6.07) is 14.9. The van der Waals surface area contributed by atoms with Gasteiger partial charge in [-0.05, 0) is 50.1 Å². The van der Waals surface area contributed by atoms with Gasteiger partial charge < -0.3 is 19.4 Å². The molecule has 1 N–H and O–H groups in total. The van der Waals surface area contributed by atoms with Crippen LogP contribution in [0.4, 0.5) is 5.69 Å². The number of quaternary nitrogens is 1. The van der Waals surface area contributed by atoms with Crippen molar-refractivity contribution in [1.82, 2.24) is 4.90 Å². The summed E-state index contributed by atoms with van der Waals surface area (Å²) in [6.45, 7) is 13.7. The van der Waals surface area contributed by atoms with Crippen LogP contribution in [0.5, 0.6) is 5.75 Å². The molecule has 2 aromatic rings. The van der Waals surface area contributed by atoms with E-state index in [1.165, 1.54) is 22.4 Å². The molecule has 2 aliphatic heterocycles. The van der Waals surface area contributed by atoms with Crippen LogP contribution in [-0.4, -0.2) is 56.7 Å². The number of aryl methyl sites for hydroxylation is 1.